The summed E-state index contributed by atoms with van der Waals surface area (Å²) in [4.78, 5) is 11.5. The third-order valence-electron chi connectivity index (χ3n) is 1.92. The van der Waals surface area contributed by atoms with Gasteiger partial charge in [-0.2, -0.15) is 5.10 Å². The summed E-state index contributed by atoms with van der Waals surface area (Å²) in [6, 6.07) is 0. The SMILES string of the molecule is CCOC(=O)c1cn(CC(C)(C)C)nc1N. The first-order valence-corrected chi connectivity index (χ1v) is 5.33. The lowest BCUT2D eigenvalue weighted by molar-refractivity contribution is 0.0527. The fourth-order valence-corrected chi connectivity index (χ4v) is 1.37. The molecule has 0 aliphatic heterocycles. The summed E-state index contributed by atoms with van der Waals surface area (Å²) < 4.78 is 6.56. The van der Waals surface area contributed by atoms with Gasteiger partial charge in [0.1, 0.15) is 5.56 Å². The average molecular weight is 225 g/mol. The molecule has 90 valence electrons. The van der Waals surface area contributed by atoms with Gasteiger partial charge in [0, 0.05) is 12.7 Å². The van der Waals surface area contributed by atoms with Gasteiger partial charge in [0.2, 0.25) is 0 Å². The molecule has 0 saturated heterocycles. The number of nitrogens with two attached hydrogens (primary N) is 1. The van der Waals surface area contributed by atoms with Crippen molar-refractivity contribution < 1.29 is 9.53 Å². The van der Waals surface area contributed by atoms with Crippen molar-refractivity contribution in [3.63, 3.8) is 0 Å². The van der Waals surface area contributed by atoms with E-state index in [-0.39, 0.29) is 11.2 Å². The Labute approximate surface area is 95.6 Å². The maximum atomic E-state index is 11.5. The molecule has 0 saturated carbocycles. The maximum Gasteiger partial charge on any atom is 0.343 e. The Bertz CT molecular complexity index is 377. The number of rotatable bonds is 3. The van der Waals surface area contributed by atoms with Gasteiger partial charge in [-0.1, -0.05) is 20.8 Å². The molecule has 0 fully saturated rings. The summed E-state index contributed by atoms with van der Waals surface area (Å²) in [5.74, 6) is -0.192. The van der Waals surface area contributed by atoms with Crippen molar-refractivity contribution >= 4 is 11.8 Å². The van der Waals surface area contributed by atoms with Crippen LogP contribution in [0.3, 0.4) is 0 Å². The molecule has 2 N–H and O–H groups in total. The second-order valence-corrected chi connectivity index (χ2v) is 4.91. The summed E-state index contributed by atoms with van der Waals surface area (Å²) in [5.41, 5.74) is 6.09. The minimum absolute atomic E-state index is 0.0877. The number of hydrogen-bond donors (Lipinski definition) is 1. The number of carbonyl (C=O) groups excluding carboxylic acids is 1. The predicted molar refractivity (Wildman–Crippen MR) is 62.1 cm³/mol. The van der Waals surface area contributed by atoms with Gasteiger partial charge in [0.15, 0.2) is 5.82 Å². The van der Waals surface area contributed by atoms with Gasteiger partial charge in [-0.3, -0.25) is 4.68 Å². The number of nitrogens with zero attached hydrogens (tertiary/aromatic N) is 2. The molecule has 5 nitrogen and oxygen atoms in total. The number of ether oxygens (including phenoxy) is 1. The summed E-state index contributed by atoms with van der Waals surface area (Å²) >= 11 is 0. The van der Waals surface area contributed by atoms with Crippen LogP contribution in [0.1, 0.15) is 38.1 Å². The minimum Gasteiger partial charge on any atom is -0.462 e. The van der Waals surface area contributed by atoms with Crippen LogP contribution < -0.4 is 5.73 Å². The zero-order chi connectivity index (χ0) is 12.3. The highest BCUT2D eigenvalue weighted by Gasteiger charge is 2.18. The molecule has 0 unspecified atom stereocenters. The largest absolute Gasteiger partial charge is 0.462 e. The van der Waals surface area contributed by atoms with Crippen LogP contribution in [-0.4, -0.2) is 22.4 Å². The van der Waals surface area contributed by atoms with E-state index >= 15 is 0 Å². The van der Waals surface area contributed by atoms with E-state index in [9.17, 15) is 4.79 Å². The third-order valence-corrected chi connectivity index (χ3v) is 1.92. The number of carbonyl (C=O) groups is 1. The molecule has 0 aliphatic rings. The highest BCUT2D eigenvalue weighted by molar-refractivity contribution is 5.93. The quantitative estimate of drug-likeness (QED) is 0.795. The number of esters is 1. The van der Waals surface area contributed by atoms with Crippen LogP contribution in [-0.2, 0) is 11.3 Å². The number of aromatic nitrogens is 2. The van der Waals surface area contributed by atoms with Gasteiger partial charge < -0.3 is 10.5 Å². The minimum atomic E-state index is -0.417. The second-order valence-electron chi connectivity index (χ2n) is 4.91. The fraction of sp³-hybridized carbons (Fsp3) is 0.636. The van der Waals surface area contributed by atoms with Crippen LogP contribution in [0.2, 0.25) is 0 Å². The number of nitrogen functional groups attached to an aromatic ring is 1. The monoisotopic (exact) mass is 225 g/mol. The van der Waals surface area contributed by atoms with Crippen molar-refractivity contribution in [3.05, 3.63) is 11.8 Å². The van der Waals surface area contributed by atoms with Gasteiger partial charge in [-0.15, -0.1) is 0 Å². The van der Waals surface area contributed by atoms with E-state index in [0.29, 0.717) is 18.7 Å². The lowest BCUT2D eigenvalue weighted by atomic mass is 9.97. The summed E-state index contributed by atoms with van der Waals surface area (Å²) in [5, 5.41) is 4.09. The third kappa shape index (κ3) is 3.25. The van der Waals surface area contributed by atoms with Gasteiger partial charge in [0.05, 0.1) is 6.61 Å². The van der Waals surface area contributed by atoms with Crippen LogP contribution in [0.4, 0.5) is 5.82 Å². The molecule has 1 aromatic rings. The first kappa shape index (κ1) is 12.5. The van der Waals surface area contributed by atoms with Crippen LogP contribution >= 0.6 is 0 Å². The molecule has 0 aromatic carbocycles. The van der Waals surface area contributed by atoms with E-state index in [4.69, 9.17) is 10.5 Å². The van der Waals surface area contributed by atoms with E-state index < -0.39 is 5.97 Å². The Kier molecular flexibility index (Phi) is 3.57. The predicted octanol–water partition coefficient (Wildman–Crippen LogP) is 1.69. The molecule has 0 spiro atoms. The van der Waals surface area contributed by atoms with Gasteiger partial charge in [0.25, 0.3) is 0 Å². The van der Waals surface area contributed by atoms with E-state index in [1.54, 1.807) is 17.8 Å². The van der Waals surface area contributed by atoms with Gasteiger partial charge in [-0.05, 0) is 12.3 Å². The van der Waals surface area contributed by atoms with E-state index in [0.717, 1.165) is 0 Å². The average Bonchev–Trinajstić information content (AvgIpc) is 2.44. The van der Waals surface area contributed by atoms with Crippen molar-refractivity contribution in [2.75, 3.05) is 12.3 Å². The van der Waals surface area contributed by atoms with Crippen LogP contribution in [0, 0.1) is 5.41 Å². The topological polar surface area (TPSA) is 70.1 Å². The molecule has 1 rings (SSSR count). The Morgan fingerprint density at radius 1 is 1.56 bits per heavy atom. The molecule has 16 heavy (non-hydrogen) atoms. The lowest BCUT2D eigenvalue weighted by Gasteiger charge is -2.17. The van der Waals surface area contributed by atoms with Crippen LogP contribution in [0.25, 0.3) is 0 Å². The molecule has 0 bridgehead atoms. The zero-order valence-corrected chi connectivity index (χ0v) is 10.3. The summed E-state index contributed by atoms with van der Waals surface area (Å²) in [6.07, 6.45) is 1.64. The standard InChI is InChI=1S/C11H19N3O2/c1-5-16-10(15)8-6-14(13-9(8)12)7-11(2,3)4/h6H,5,7H2,1-4H3,(H2,12,13). The number of anilines is 1. The lowest BCUT2D eigenvalue weighted by Crippen LogP contribution is -2.15. The van der Waals surface area contributed by atoms with Crippen LogP contribution in [0.5, 0.6) is 0 Å². The normalized spacial score (nSPS) is 11.5. The van der Waals surface area contributed by atoms with Crippen molar-refractivity contribution in [2.45, 2.75) is 34.2 Å². The maximum absolute atomic E-state index is 11.5. The zero-order valence-electron chi connectivity index (χ0n) is 10.3. The van der Waals surface area contributed by atoms with Gasteiger partial charge >= 0.3 is 5.97 Å². The Balaban J connectivity index is 2.86. The fourth-order valence-electron chi connectivity index (χ4n) is 1.37. The van der Waals surface area contributed by atoms with Gasteiger partial charge in [-0.25, -0.2) is 4.79 Å². The molecule has 1 aromatic heterocycles. The highest BCUT2D eigenvalue weighted by atomic mass is 16.5. The molecule has 0 radical (unpaired) electrons. The van der Waals surface area contributed by atoms with Crippen molar-refractivity contribution in [3.8, 4) is 0 Å². The molecule has 5 heteroatoms. The first-order chi connectivity index (χ1) is 7.33. The Morgan fingerprint density at radius 2 is 2.19 bits per heavy atom. The van der Waals surface area contributed by atoms with E-state index in [2.05, 4.69) is 25.9 Å². The molecular weight excluding hydrogens is 206 g/mol. The van der Waals surface area contributed by atoms with E-state index in [1.165, 1.54) is 0 Å². The van der Waals surface area contributed by atoms with E-state index in [1.807, 2.05) is 0 Å². The summed E-state index contributed by atoms with van der Waals surface area (Å²) in [7, 11) is 0. The molecular formula is C11H19N3O2. The Morgan fingerprint density at radius 3 is 2.69 bits per heavy atom. The van der Waals surface area contributed by atoms with Crippen molar-refractivity contribution in [1.29, 1.82) is 0 Å². The highest BCUT2D eigenvalue weighted by Crippen LogP contribution is 2.18. The molecule has 1 heterocycles. The molecule has 0 aliphatic carbocycles. The van der Waals surface area contributed by atoms with Crippen LogP contribution in [0.15, 0.2) is 6.20 Å². The Hall–Kier alpha value is -1.52. The molecule has 0 atom stereocenters. The van der Waals surface area contributed by atoms with Crippen molar-refractivity contribution in [1.82, 2.24) is 9.78 Å². The first-order valence-electron chi connectivity index (χ1n) is 5.33. The smallest absolute Gasteiger partial charge is 0.343 e. The van der Waals surface area contributed by atoms with Crippen molar-refractivity contribution in [2.24, 2.45) is 5.41 Å². The second kappa shape index (κ2) is 4.55. The molecule has 0 amide bonds. The summed E-state index contributed by atoms with van der Waals surface area (Å²) in [6.45, 7) is 9.08. The number of hydrogen-bond acceptors (Lipinski definition) is 4.